The average molecular weight is 320 g/mol. The summed E-state index contributed by atoms with van der Waals surface area (Å²) < 4.78 is 4.82. The Bertz CT molecular complexity index is 459. The van der Waals surface area contributed by atoms with Gasteiger partial charge in [0.1, 0.15) is 0 Å². The minimum Gasteiger partial charge on any atom is -0.389 e. The lowest BCUT2D eigenvalue weighted by atomic mass is 9.79. The highest BCUT2D eigenvalue weighted by molar-refractivity contribution is 5.73. The van der Waals surface area contributed by atoms with Crippen LogP contribution in [0.25, 0.3) is 0 Å². The second kappa shape index (κ2) is 9.53. The standard InChI is InChI=1S/C18H28N2O3/c1-23-13-17(21)12-20-18(22)19-11-14-7-9-16(10-8-14)15-5-3-2-4-6-15/h2-6,14,16-17,21H,7-13H2,1H3,(H2,19,20,22). The summed E-state index contributed by atoms with van der Waals surface area (Å²) in [4.78, 5) is 11.7. The smallest absolute Gasteiger partial charge is 0.314 e. The van der Waals surface area contributed by atoms with Crippen LogP contribution >= 0.6 is 0 Å². The average Bonchev–Trinajstić information content (AvgIpc) is 2.59. The molecule has 0 heterocycles. The highest BCUT2D eigenvalue weighted by Gasteiger charge is 2.22. The number of carbonyl (C=O) groups excluding carboxylic acids is 1. The van der Waals surface area contributed by atoms with Crippen LogP contribution in [0.3, 0.4) is 0 Å². The van der Waals surface area contributed by atoms with Gasteiger partial charge in [0.2, 0.25) is 0 Å². The second-order valence-electron chi connectivity index (χ2n) is 6.33. The number of hydrogen-bond donors (Lipinski definition) is 3. The number of aliphatic hydroxyl groups excluding tert-OH is 1. The van der Waals surface area contributed by atoms with Gasteiger partial charge in [-0.3, -0.25) is 0 Å². The van der Waals surface area contributed by atoms with Gasteiger partial charge in [0.05, 0.1) is 12.7 Å². The maximum Gasteiger partial charge on any atom is 0.314 e. The van der Waals surface area contributed by atoms with Crippen LogP contribution in [-0.2, 0) is 4.74 Å². The van der Waals surface area contributed by atoms with Crippen LogP contribution in [-0.4, -0.2) is 44.0 Å². The maximum absolute atomic E-state index is 11.7. The minimum absolute atomic E-state index is 0.209. The molecular formula is C18H28N2O3. The van der Waals surface area contributed by atoms with Gasteiger partial charge in [-0.15, -0.1) is 0 Å². The second-order valence-corrected chi connectivity index (χ2v) is 6.33. The van der Waals surface area contributed by atoms with Crippen LogP contribution in [0.5, 0.6) is 0 Å². The van der Waals surface area contributed by atoms with E-state index in [0.29, 0.717) is 18.4 Å². The molecule has 5 heteroatoms. The van der Waals surface area contributed by atoms with E-state index in [4.69, 9.17) is 4.74 Å². The Kier molecular flexibility index (Phi) is 7.36. The molecule has 3 N–H and O–H groups in total. The summed E-state index contributed by atoms with van der Waals surface area (Å²) >= 11 is 0. The molecule has 1 aliphatic rings. The molecule has 128 valence electrons. The highest BCUT2D eigenvalue weighted by atomic mass is 16.5. The fourth-order valence-corrected chi connectivity index (χ4v) is 3.19. The van der Waals surface area contributed by atoms with Gasteiger partial charge in [0.25, 0.3) is 0 Å². The van der Waals surface area contributed by atoms with Crippen molar-refractivity contribution in [2.75, 3.05) is 26.8 Å². The zero-order valence-electron chi connectivity index (χ0n) is 13.8. The van der Waals surface area contributed by atoms with E-state index in [0.717, 1.165) is 12.8 Å². The molecule has 23 heavy (non-hydrogen) atoms. The van der Waals surface area contributed by atoms with E-state index in [-0.39, 0.29) is 19.2 Å². The minimum atomic E-state index is -0.660. The molecular weight excluding hydrogens is 292 g/mol. The molecule has 0 bridgehead atoms. The van der Waals surface area contributed by atoms with E-state index in [1.807, 2.05) is 0 Å². The van der Waals surface area contributed by atoms with Gasteiger partial charge in [0.15, 0.2) is 0 Å². The summed E-state index contributed by atoms with van der Waals surface area (Å²) in [5.41, 5.74) is 1.43. The monoisotopic (exact) mass is 320 g/mol. The van der Waals surface area contributed by atoms with Crippen LogP contribution in [0.2, 0.25) is 0 Å². The lowest BCUT2D eigenvalue weighted by Crippen LogP contribution is -2.42. The first kappa shape index (κ1) is 17.8. The van der Waals surface area contributed by atoms with Gasteiger partial charge in [-0.1, -0.05) is 30.3 Å². The van der Waals surface area contributed by atoms with Gasteiger partial charge in [-0.25, -0.2) is 4.79 Å². The maximum atomic E-state index is 11.7. The fraction of sp³-hybridized carbons (Fsp3) is 0.611. The van der Waals surface area contributed by atoms with Crippen molar-refractivity contribution < 1.29 is 14.6 Å². The number of benzene rings is 1. The van der Waals surface area contributed by atoms with Crippen LogP contribution in [0.4, 0.5) is 4.79 Å². The van der Waals surface area contributed by atoms with E-state index in [1.54, 1.807) is 0 Å². The number of ether oxygens (including phenoxy) is 1. The molecule has 0 saturated heterocycles. The quantitative estimate of drug-likeness (QED) is 0.722. The molecule has 1 fully saturated rings. The van der Waals surface area contributed by atoms with E-state index in [1.165, 1.54) is 25.5 Å². The van der Waals surface area contributed by atoms with Gasteiger partial charge in [-0.05, 0) is 43.1 Å². The Hall–Kier alpha value is -1.59. The summed E-state index contributed by atoms with van der Waals surface area (Å²) in [6.07, 6.45) is 4.00. The molecule has 0 spiro atoms. The molecule has 2 amide bonds. The molecule has 0 aromatic heterocycles. The third-order valence-corrected chi connectivity index (χ3v) is 4.53. The zero-order chi connectivity index (χ0) is 16.5. The van der Waals surface area contributed by atoms with E-state index in [2.05, 4.69) is 41.0 Å². The molecule has 1 aliphatic carbocycles. The van der Waals surface area contributed by atoms with Crippen molar-refractivity contribution in [1.29, 1.82) is 0 Å². The number of urea groups is 1. The lowest BCUT2D eigenvalue weighted by molar-refractivity contribution is 0.0659. The zero-order valence-corrected chi connectivity index (χ0v) is 13.8. The Morgan fingerprint density at radius 1 is 1.22 bits per heavy atom. The van der Waals surface area contributed by atoms with Crippen molar-refractivity contribution in [3.63, 3.8) is 0 Å². The predicted molar refractivity (Wildman–Crippen MR) is 90.4 cm³/mol. The van der Waals surface area contributed by atoms with Crippen molar-refractivity contribution in [1.82, 2.24) is 10.6 Å². The topological polar surface area (TPSA) is 70.6 Å². The van der Waals surface area contributed by atoms with E-state index >= 15 is 0 Å². The Labute approximate surface area is 138 Å². The first-order chi connectivity index (χ1) is 11.2. The summed E-state index contributed by atoms with van der Waals surface area (Å²) in [6, 6.07) is 10.5. The molecule has 0 radical (unpaired) electrons. The van der Waals surface area contributed by atoms with Crippen LogP contribution in [0.1, 0.15) is 37.2 Å². The number of amides is 2. The summed E-state index contributed by atoms with van der Waals surface area (Å²) in [6.45, 7) is 1.14. The first-order valence-corrected chi connectivity index (χ1v) is 8.42. The van der Waals surface area contributed by atoms with E-state index < -0.39 is 6.10 Å². The number of rotatable bonds is 7. The highest BCUT2D eigenvalue weighted by Crippen LogP contribution is 2.35. The van der Waals surface area contributed by atoms with Crippen LogP contribution < -0.4 is 10.6 Å². The summed E-state index contributed by atoms with van der Waals surface area (Å²) in [5, 5.41) is 15.0. The van der Waals surface area contributed by atoms with Gasteiger partial charge in [-0.2, -0.15) is 0 Å². The Balaban J connectivity index is 1.62. The van der Waals surface area contributed by atoms with Crippen molar-refractivity contribution in [2.45, 2.75) is 37.7 Å². The summed E-state index contributed by atoms with van der Waals surface area (Å²) in [5.74, 6) is 1.20. The van der Waals surface area contributed by atoms with Gasteiger partial charge >= 0.3 is 6.03 Å². The van der Waals surface area contributed by atoms with Crippen LogP contribution in [0.15, 0.2) is 30.3 Å². The molecule has 1 aromatic rings. The molecule has 5 nitrogen and oxygen atoms in total. The molecule has 0 aliphatic heterocycles. The first-order valence-electron chi connectivity index (χ1n) is 8.42. The number of carbonyl (C=O) groups is 1. The SMILES string of the molecule is COCC(O)CNC(=O)NCC1CCC(c2ccccc2)CC1. The van der Waals surface area contributed by atoms with Crippen molar-refractivity contribution >= 4 is 6.03 Å². The fourth-order valence-electron chi connectivity index (χ4n) is 3.19. The van der Waals surface area contributed by atoms with Gasteiger partial charge in [0, 0.05) is 20.2 Å². The number of hydrogen-bond acceptors (Lipinski definition) is 3. The number of nitrogens with one attached hydrogen (secondary N) is 2. The molecule has 1 saturated carbocycles. The molecule has 1 atom stereocenters. The predicted octanol–water partition coefficient (Wildman–Crippen LogP) is 2.27. The molecule has 2 rings (SSSR count). The Morgan fingerprint density at radius 2 is 1.91 bits per heavy atom. The largest absolute Gasteiger partial charge is 0.389 e. The number of methoxy groups -OCH3 is 1. The molecule has 1 unspecified atom stereocenters. The van der Waals surface area contributed by atoms with E-state index in [9.17, 15) is 9.90 Å². The lowest BCUT2D eigenvalue weighted by Gasteiger charge is -2.29. The van der Waals surface area contributed by atoms with Crippen LogP contribution in [0, 0.1) is 5.92 Å². The molecule has 1 aromatic carbocycles. The summed E-state index contributed by atoms with van der Waals surface area (Å²) in [7, 11) is 1.52. The van der Waals surface area contributed by atoms with Crippen molar-refractivity contribution in [3.8, 4) is 0 Å². The van der Waals surface area contributed by atoms with Crippen molar-refractivity contribution in [3.05, 3.63) is 35.9 Å². The third kappa shape index (κ3) is 6.20. The third-order valence-electron chi connectivity index (χ3n) is 4.53. The Morgan fingerprint density at radius 3 is 2.57 bits per heavy atom. The normalized spacial score (nSPS) is 22.3. The van der Waals surface area contributed by atoms with Gasteiger partial charge < -0.3 is 20.5 Å². The number of aliphatic hydroxyl groups is 1. The van der Waals surface area contributed by atoms with Crippen molar-refractivity contribution in [2.24, 2.45) is 5.92 Å².